The van der Waals surface area contributed by atoms with E-state index in [1.165, 1.54) is 0 Å². The molecular formula is C19H33IN4O3. The number of aromatic nitrogens is 1. The molecule has 154 valence electrons. The summed E-state index contributed by atoms with van der Waals surface area (Å²) in [4.78, 5) is 16.4. The van der Waals surface area contributed by atoms with Crippen molar-refractivity contribution in [2.45, 2.75) is 71.9 Å². The van der Waals surface area contributed by atoms with E-state index >= 15 is 0 Å². The van der Waals surface area contributed by atoms with E-state index in [4.69, 9.17) is 9.26 Å². The van der Waals surface area contributed by atoms with Crippen LogP contribution in [0.25, 0.3) is 0 Å². The number of rotatable bonds is 7. The molecule has 0 atom stereocenters. The molecule has 0 bridgehead atoms. The molecule has 2 rings (SSSR count). The third-order valence-corrected chi connectivity index (χ3v) is 4.59. The molecule has 0 aliphatic heterocycles. The van der Waals surface area contributed by atoms with Gasteiger partial charge in [-0.2, -0.15) is 0 Å². The standard InChI is InChI=1S/C19H32N4O3.HI/c1-5-20-19(21-12-16-11-17(13(3)4)23-26-16)22-15-9-7-14(8-10-15)18(24)25-6-2;/h11,13-15H,5-10,12H2,1-4H3,(H2,20,21,22);1H. The number of nitrogens with one attached hydrogen (secondary N) is 2. The molecule has 1 aliphatic carbocycles. The highest BCUT2D eigenvalue weighted by Crippen LogP contribution is 2.25. The van der Waals surface area contributed by atoms with E-state index in [-0.39, 0.29) is 35.9 Å². The van der Waals surface area contributed by atoms with E-state index in [9.17, 15) is 4.79 Å². The summed E-state index contributed by atoms with van der Waals surface area (Å²) >= 11 is 0. The van der Waals surface area contributed by atoms with Crippen LogP contribution in [0, 0.1) is 5.92 Å². The summed E-state index contributed by atoms with van der Waals surface area (Å²) in [6.45, 7) is 9.76. The normalized spacial score (nSPS) is 20.1. The molecule has 1 fully saturated rings. The van der Waals surface area contributed by atoms with Crippen LogP contribution in [0.4, 0.5) is 0 Å². The number of halogens is 1. The molecule has 0 spiro atoms. The predicted octanol–water partition coefficient (Wildman–Crippen LogP) is 3.59. The summed E-state index contributed by atoms with van der Waals surface area (Å²) in [5.74, 6) is 1.86. The first-order valence-corrected chi connectivity index (χ1v) is 9.70. The Morgan fingerprint density at radius 3 is 2.59 bits per heavy atom. The van der Waals surface area contributed by atoms with Crippen LogP contribution in [0.5, 0.6) is 0 Å². The molecule has 0 amide bonds. The highest BCUT2D eigenvalue weighted by Gasteiger charge is 2.27. The van der Waals surface area contributed by atoms with Crippen molar-refractivity contribution in [1.82, 2.24) is 15.8 Å². The Morgan fingerprint density at radius 2 is 2.04 bits per heavy atom. The van der Waals surface area contributed by atoms with Gasteiger partial charge in [-0.3, -0.25) is 4.79 Å². The third kappa shape index (κ3) is 7.67. The third-order valence-electron chi connectivity index (χ3n) is 4.59. The van der Waals surface area contributed by atoms with E-state index < -0.39 is 0 Å². The van der Waals surface area contributed by atoms with Crippen molar-refractivity contribution in [3.63, 3.8) is 0 Å². The number of hydrogen-bond acceptors (Lipinski definition) is 5. The maximum atomic E-state index is 11.8. The van der Waals surface area contributed by atoms with Crippen molar-refractivity contribution >= 4 is 35.9 Å². The average Bonchev–Trinajstić information content (AvgIpc) is 3.10. The Hall–Kier alpha value is -1.32. The van der Waals surface area contributed by atoms with Crippen LogP contribution in [0.2, 0.25) is 0 Å². The molecule has 1 heterocycles. The number of hydrogen-bond donors (Lipinski definition) is 2. The molecule has 1 aromatic heterocycles. The summed E-state index contributed by atoms with van der Waals surface area (Å²) < 4.78 is 10.5. The van der Waals surface area contributed by atoms with Gasteiger partial charge in [0.15, 0.2) is 11.7 Å². The van der Waals surface area contributed by atoms with Gasteiger partial charge in [-0.15, -0.1) is 24.0 Å². The Kier molecular flexibility index (Phi) is 10.7. The number of esters is 1. The van der Waals surface area contributed by atoms with Gasteiger partial charge >= 0.3 is 5.97 Å². The van der Waals surface area contributed by atoms with Crippen molar-refractivity contribution in [3.8, 4) is 0 Å². The summed E-state index contributed by atoms with van der Waals surface area (Å²) in [6.07, 6.45) is 3.59. The van der Waals surface area contributed by atoms with Crippen molar-refractivity contribution in [1.29, 1.82) is 0 Å². The van der Waals surface area contributed by atoms with Crippen molar-refractivity contribution in [2.75, 3.05) is 13.2 Å². The molecular weight excluding hydrogens is 459 g/mol. The van der Waals surface area contributed by atoms with Crippen LogP contribution in [0.1, 0.15) is 70.8 Å². The van der Waals surface area contributed by atoms with E-state index in [1.54, 1.807) is 0 Å². The summed E-state index contributed by atoms with van der Waals surface area (Å²) in [7, 11) is 0. The monoisotopic (exact) mass is 492 g/mol. The summed E-state index contributed by atoms with van der Waals surface area (Å²) in [5.41, 5.74) is 0.949. The van der Waals surface area contributed by atoms with Gasteiger partial charge < -0.3 is 19.9 Å². The van der Waals surface area contributed by atoms with Crippen LogP contribution in [-0.4, -0.2) is 36.3 Å². The second-order valence-electron chi connectivity index (χ2n) is 7.01. The molecule has 1 aromatic rings. The van der Waals surface area contributed by atoms with Gasteiger partial charge in [0.25, 0.3) is 0 Å². The van der Waals surface area contributed by atoms with Gasteiger partial charge in [-0.25, -0.2) is 4.99 Å². The molecule has 7 nitrogen and oxygen atoms in total. The minimum Gasteiger partial charge on any atom is -0.466 e. The highest BCUT2D eigenvalue weighted by molar-refractivity contribution is 14.0. The fourth-order valence-electron chi connectivity index (χ4n) is 3.08. The predicted molar refractivity (Wildman–Crippen MR) is 116 cm³/mol. The fraction of sp³-hybridized carbons (Fsp3) is 0.737. The lowest BCUT2D eigenvalue weighted by Crippen LogP contribution is -2.45. The zero-order chi connectivity index (χ0) is 18.9. The maximum Gasteiger partial charge on any atom is 0.308 e. The lowest BCUT2D eigenvalue weighted by atomic mass is 9.86. The van der Waals surface area contributed by atoms with Crippen molar-refractivity contribution in [2.24, 2.45) is 10.9 Å². The van der Waals surface area contributed by atoms with Gasteiger partial charge in [-0.05, 0) is 45.4 Å². The number of ether oxygens (including phenoxy) is 1. The first kappa shape index (κ1) is 23.7. The van der Waals surface area contributed by atoms with Crippen molar-refractivity contribution in [3.05, 3.63) is 17.5 Å². The molecule has 2 N–H and O–H groups in total. The fourth-order valence-corrected chi connectivity index (χ4v) is 3.08. The largest absolute Gasteiger partial charge is 0.466 e. The Bertz CT molecular complexity index is 596. The number of carbonyl (C=O) groups excluding carboxylic acids is 1. The van der Waals surface area contributed by atoms with Crippen LogP contribution in [0.15, 0.2) is 15.6 Å². The minimum absolute atomic E-state index is 0. The average molecular weight is 492 g/mol. The van der Waals surface area contributed by atoms with Crippen molar-refractivity contribution < 1.29 is 14.1 Å². The van der Waals surface area contributed by atoms with E-state index in [1.807, 2.05) is 19.9 Å². The van der Waals surface area contributed by atoms with Gasteiger partial charge in [0.05, 0.1) is 18.2 Å². The molecule has 0 unspecified atom stereocenters. The van der Waals surface area contributed by atoms with Crippen LogP contribution >= 0.6 is 24.0 Å². The van der Waals surface area contributed by atoms with Gasteiger partial charge in [0.1, 0.15) is 6.54 Å². The molecule has 0 radical (unpaired) electrons. The molecule has 1 saturated carbocycles. The number of aliphatic imine (C=N–C) groups is 1. The Labute approximate surface area is 179 Å². The topological polar surface area (TPSA) is 88.8 Å². The minimum atomic E-state index is -0.0576. The molecule has 8 heteroatoms. The quantitative estimate of drug-likeness (QED) is 0.262. The van der Waals surface area contributed by atoms with Crippen LogP contribution < -0.4 is 10.6 Å². The SMILES string of the molecule is CCNC(=NCc1cc(C(C)C)no1)NC1CCC(C(=O)OCC)CC1.I. The molecule has 0 saturated heterocycles. The number of guanidine groups is 1. The van der Waals surface area contributed by atoms with Crippen LogP contribution in [0.3, 0.4) is 0 Å². The molecule has 1 aliphatic rings. The lowest BCUT2D eigenvalue weighted by molar-refractivity contribution is -0.149. The van der Waals surface area contributed by atoms with Gasteiger partial charge in [0, 0.05) is 18.7 Å². The second-order valence-corrected chi connectivity index (χ2v) is 7.01. The summed E-state index contributed by atoms with van der Waals surface area (Å²) in [5, 5.41) is 10.8. The zero-order valence-corrected chi connectivity index (χ0v) is 19.1. The second kappa shape index (κ2) is 12.2. The van der Waals surface area contributed by atoms with Gasteiger partial charge in [0.2, 0.25) is 0 Å². The van der Waals surface area contributed by atoms with Gasteiger partial charge in [-0.1, -0.05) is 19.0 Å². The zero-order valence-electron chi connectivity index (χ0n) is 16.8. The van der Waals surface area contributed by atoms with E-state index in [2.05, 4.69) is 34.6 Å². The lowest BCUT2D eigenvalue weighted by Gasteiger charge is -2.29. The first-order chi connectivity index (χ1) is 12.5. The van der Waals surface area contributed by atoms with E-state index in [0.717, 1.165) is 49.6 Å². The number of carbonyl (C=O) groups is 1. The number of nitrogens with zero attached hydrogens (tertiary/aromatic N) is 2. The smallest absolute Gasteiger partial charge is 0.308 e. The molecule has 0 aromatic carbocycles. The van der Waals surface area contributed by atoms with E-state index in [0.29, 0.717) is 25.1 Å². The first-order valence-electron chi connectivity index (χ1n) is 9.70. The van der Waals surface area contributed by atoms with Crippen LogP contribution in [-0.2, 0) is 16.1 Å². The Morgan fingerprint density at radius 1 is 1.33 bits per heavy atom. The summed E-state index contributed by atoms with van der Waals surface area (Å²) in [6, 6.07) is 2.28. The Balaban J connectivity index is 0.00000364. The molecule has 27 heavy (non-hydrogen) atoms. The maximum absolute atomic E-state index is 11.8. The highest BCUT2D eigenvalue weighted by atomic mass is 127.